The van der Waals surface area contributed by atoms with Gasteiger partial charge in [-0.15, -0.1) is 0 Å². The number of hydrogen-bond acceptors (Lipinski definition) is 5. The molecule has 1 aromatic rings. The van der Waals surface area contributed by atoms with Crippen LogP contribution in [0.1, 0.15) is 33.3 Å². The molecule has 0 aliphatic carbocycles. The molecule has 0 radical (unpaired) electrons. The molecule has 1 aromatic carbocycles. The third-order valence-corrected chi connectivity index (χ3v) is 2.78. The fourth-order valence-electron chi connectivity index (χ4n) is 1.89. The van der Waals surface area contributed by atoms with Gasteiger partial charge in [-0.3, -0.25) is 4.79 Å². The van der Waals surface area contributed by atoms with Gasteiger partial charge in [0.1, 0.15) is 12.1 Å². The average molecular weight is 324 g/mol. The molecule has 0 aliphatic rings. The molecular formula is C16H24N2O5. The first-order valence-electron chi connectivity index (χ1n) is 7.34. The highest BCUT2D eigenvalue weighted by atomic mass is 16.6. The number of nitrogens with one attached hydrogen (secondary N) is 2. The molecule has 128 valence electrons. The van der Waals surface area contributed by atoms with Crippen LogP contribution in [0.25, 0.3) is 0 Å². The number of benzene rings is 1. The lowest BCUT2D eigenvalue weighted by molar-refractivity contribution is -0.120. The van der Waals surface area contributed by atoms with Crippen molar-refractivity contribution < 1.29 is 24.5 Å². The van der Waals surface area contributed by atoms with Crippen LogP contribution in [0.4, 0.5) is 4.79 Å². The summed E-state index contributed by atoms with van der Waals surface area (Å²) in [5.41, 5.74) is 0.155. The van der Waals surface area contributed by atoms with E-state index in [9.17, 15) is 19.8 Å². The molecule has 0 bridgehead atoms. The molecule has 0 aromatic heterocycles. The third-order valence-electron chi connectivity index (χ3n) is 2.78. The number of alkyl carbamates (subject to hydrolysis) is 1. The molecule has 7 heteroatoms. The summed E-state index contributed by atoms with van der Waals surface area (Å²) in [5.74, 6) is -0.731. The van der Waals surface area contributed by atoms with Crippen molar-refractivity contribution in [1.82, 2.24) is 10.6 Å². The van der Waals surface area contributed by atoms with Gasteiger partial charge in [0, 0.05) is 6.04 Å². The third kappa shape index (κ3) is 7.39. The lowest BCUT2D eigenvalue weighted by Gasteiger charge is -2.20. The van der Waals surface area contributed by atoms with E-state index in [1.165, 1.54) is 12.1 Å². The van der Waals surface area contributed by atoms with E-state index in [1.54, 1.807) is 33.8 Å². The number of amides is 2. The molecule has 0 saturated carbocycles. The molecule has 0 aliphatic heterocycles. The largest absolute Gasteiger partial charge is 0.504 e. The molecule has 23 heavy (non-hydrogen) atoms. The van der Waals surface area contributed by atoms with Crippen LogP contribution in [0.15, 0.2) is 18.2 Å². The highest BCUT2D eigenvalue weighted by molar-refractivity contribution is 5.82. The van der Waals surface area contributed by atoms with E-state index in [1.807, 2.05) is 0 Å². The Bertz CT molecular complexity index is 566. The van der Waals surface area contributed by atoms with Gasteiger partial charge in [-0.05, 0) is 51.8 Å². The van der Waals surface area contributed by atoms with Gasteiger partial charge in [0.15, 0.2) is 11.5 Å². The number of phenolic OH excluding ortho intramolecular Hbond substituents is 2. The molecule has 1 atom stereocenters. The van der Waals surface area contributed by atoms with E-state index in [0.29, 0.717) is 6.42 Å². The second-order valence-electron chi connectivity index (χ2n) is 6.35. The van der Waals surface area contributed by atoms with Crippen molar-refractivity contribution in [2.75, 3.05) is 6.54 Å². The summed E-state index contributed by atoms with van der Waals surface area (Å²) in [7, 11) is 0. The molecule has 0 saturated heterocycles. The molecule has 7 nitrogen and oxygen atoms in total. The first kappa shape index (κ1) is 18.6. The second-order valence-corrected chi connectivity index (χ2v) is 6.35. The number of aromatic hydroxyl groups is 2. The van der Waals surface area contributed by atoms with Gasteiger partial charge in [-0.2, -0.15) is 0 Å². The van der Waals surface area contributed by atoms with Gasteiger partial charge >= 0.3 is 6.09 Å². The van der Waals surface area contributed by atoms with E-state index in [2.05, 4.69) is 10.6 Å². The lowest BCUT2D eigenvalue weighted by Crippen LogP contribution is -2.43. The van der Waals surface area contributed by atoms with Crippen molar-refractivity contribution in [2.24, 2.45) is 0 Å². The minimum absolute atomic E-state index is 0.180. The van der Waals surface area contributed by atoms with Crippen LogP contribution in [0, 0.1) is 0 Å². The van der Waals surface area contributed by atoms with E-state index in [0.717, 1.165) is 5.56 Å². The first-order chi connectivity index (χ1) is 10.6. The van der Waals surface area contributed by atoms with Crippen molar-refractivity contribution in [3.05, 3.63) is 23.8 Å². The molecule has 4 N–H and O–H groups in total. The number of carbonyl (C=O) groups excluding carboxylic acids is 2. The van der Waals surface area contributed by atoms with E-state index >= 15 is 0 Å². The van der Waals surface area contributed by atoms with Crippen molar-refractivity contribution in [3.8, 4) is 11.5 Å². The van der Waals surface area contributed by atoms with Crippen LogP contribution < -0.4 is 10.6 Å². The highest BCUT2D eigenvalue weighted by Crippen LogP contribution is 2.25. The Morgan fingerprint density at radius 3 is 2.43 bits per heavy atom. The second kappa shape index (κ2) is 7.71. The van der Waals surface area contributed by atoms with Gasteiger partial charge in [-0.25, -0.2) is 4.79 Å². The van der Waals surface area contributed by atoms with Gasteiger partial charge < -0.3 is 25.6 Å². The van der Waals surface area contributed by atoms with Gasteiger partial charge in [0.05, 0.1) is 0 Å². The quantitative estimate of drug-likeness (QED) is 0.616. The van der Waals surface area contributed by atoms with Crippen LogP contribution in [0.5, 0.6) is 11.5 Å². The standard InChI is InChI=1S/C16H24N2O5/c1-10(7-11-5-6-12(19)13(20)8-11)18-14(21)9-17-15(22)23-16(2,3)4/h5-6,8,10,19-20H,7,9H2,1-4H3,(H,17,22)(H,18,21). The number of carbonyl (C=O) groups is 2. The zero-order valence-electron chi connectivity index (χ0n) is 13.8. The minimum atomic E-state index is -0.649. The van der Waals surface area contributed by atoms with E-state index in [-0.39, 0.29) is 30.0 Å². The summed E-state index contributed by atoms with van der Waals surface area (Å²) < 4.78 is 5.03. The molecular weight excluding hydrogens is 300 g/mol. The van der Waals surface area contributed by atoms with Gasteiger partial charge in [0.2, 0.25) is 5.91 Å². The van der Waals surface area contributed by atoms with Gasteiger partial charge in [0.25, 0.3) is 0 Å². The molecule has 1 rings (SSSR count). The minimum Gasteiger partial charge on any atom is -0.504 e. The molecule has 0 fully saturated rings. The van der Waals surface area contributed by atoms with E-state index < -0.39 is 11.7 Å². The maximum absolute atomic E-state index is 11.8. The van der Waals surface area contributed by atoms with Crippen molar-refractivity contribution in [3.63, 3.8) is 0 Å². The van der Waals surface area contributed by atoms with Crippen LogP contribution in [0.3, 0.4) is 0 Å². The maximum Gasteiger partial charge on any atom is 0.408 e. The predicted octanol–water partition coefficient (Wildman–Crippen LogP) is 1.67. The summed E-state index contributed by atoms with van der Waals surface area (Å²) >= 11 is 0. The monoisotopic (exact) mass is 324 g/mol. The van der Waals surface area contributed by atoms with Crippen LogP contribution >= 0.6 is 0 Å². The Morgan fingerprint density at radius 2 is 1.87 bits per heavy atom. The summed E-state index contributed by atoms with van der Waals surface area (Å²) in [5, 5.41) is 23.8. The smallest absolute Gasteiger partial charge is 0.408 e. The Balaban J connectivity index is 2.38. The zero-order chi connectivity index (χ0) is 17.6. The number of hydrogen-bond donors (Lipinski definition) is 4. The zero-order valence-corrected chi connectivity index (χ0v) is 13.8. The number of phenols is 2. The van der Waals surface area contributed by atoms with Crippen molar-refractivity contribution in [1.29, 1.82) is 0 Å². The van der Waals surface area contributed by atoms with Crippen molar-refractivity contribution in [2.45, 2.75) is 45.8 Å². The summed E-state index contributed by atoms with van der Waals surface area (Å²) in [4.78, 5) is 23.2. The van der Waals surface area contributed by atoms with Crippen LogP contribution in [-0.2, 0) is 16.0 Å². The highest BCUT2D eigenvalue weighted by Gasteiger charge is 2.17. The molecule has 0 heterocycles. The Labute approximate surface area is 135 Å². The summed E-state index contributed by atoms with van der Waals surface area (Å²) in [6, 6.07) is 4.29. The summed E-state index contributed by atoms with van der Waals surface area (Å²) in [6.45, 7) is 6.83. The normalized spacial score (nSPS) is 12.3. The Hall–Kier alpha value is -2.44. The number of rotatable bonds is 5. The molecule has 1 unspecified atom stereocenters. The topological polar surface area (TPSA) is 108 Å². The number of ether oxygens (including phenoxy) is 1. The molecule has 0 spiro atoms. The van der Waals surface area contributed by atoms with Crippen LogP contribution in [-0.4, -0.2) is 40.4 Å². The fourth-order valence-corrected chi connectivity index (χ4v) is 1.89. The first-order valence-corrected chi connectivity index (χ1v) is 7.34. The van der Waals surface area contributed by atoms with Crippen LogP contribution in [0.2, 0.25) is 0 Å². The molecule has 2 amide bonds. The fraction of sp³-hybridized carbons (Fsp3) is 0.500. The van der Waals surface area contributed by atoms with Crippen molar-refractivity contribution >= 4 is 12.0 Å². The Morgan fingerprint density at radius 1 is 1.22 bits per heavy atom. The summed E-state index contributed by atoms with van der Waals surface area (Å²) in [6.07, 6.45) is -0.171. The van der Waals surface area contributed by atoms with E-state index in [4.69, 9.17) is 4.74 Å². The Kier molecular flexibility index (Phi) is 6.24. The maximum atomic E-state index is 11.8. The lowest BCUT2D eigenvalue weighted by atomic mass is 10.1. The average Bonchev–Trinajstić information content (AvgIpc) is 2.38. The SMILES string of the molecule is CC(Cc1ccc(O)c(O)c1)NC(=O)CNC(=O)OC(C)(C)C. The predicted molar refractivity (Wildman–Crippen MR) is 85.3 cm³/mol. The van der Waals surface area contributed by atoms with Gasteiger partial charge in [-0.1, -0.05) is 6.07 Å².